The number of ether oxygens (including phenoxy) is 1. The fourth-order valence-corrected chi connectivity index (χ4v) is 3.50. The van der Waals surface area contributed by atoms with E-state index < -0.39 is 21.9 Å². The quantitative estimate of drug-likeness (QED) is 0.795. The van der Waals surface area contributed by atoms with Crippen LogP contribution >= 0.6 is 11.8 Å². The molecule has 0 atom stereocenters. The molecule has 116 valence electrons. The summed E-state index contributed by atoms with van der Waals surface area (Å²) in [6, 6.07) is 6.56. The maximum absolute atomic E-state index is 12.1. The highest BCUT2D eigenvalue weighted by molar-refractivity contribution is 7.98. The summed E-state index contributed by atoms with van der Waals surface area (Å²) in [4.78, 5) is 14.5. The van der Waals surface area contributed by atoms with Crippen LogP contribution in [0.5, 0.6) is 0 Å². The molecule has 1 aliphatic heterocycles. The first-order chi connectivity index (χ1) is 10.0. The van der Waals surface area contributed by atoms with Crippen molar-refractivity contribution >= 4 is 27.7 Å². The van der Waals surface area contributed by atoms with Crippen LogP contribution in [0.1, 0.15) is 19.3 Å². The van der Waals surface area contributed by atoms with Crippen molar-refractivity contribution in [1.29, 1.82) is 0 Å². The van der Waals surface area contributed by atoms with Crippen LogP contribution in [0, 0.1) is 0 Å². The van der Waals surface area contributed by atoms with Crippen LogP contribution in [0.4, 0.5) is 4.79 Å². The monoisotopic (exact) mass is 329 g/mol. The molecule has 0 spiro atoms. The molecular formula is C14H19NO4S2. The number of thioether (sulfide) groups is 1. The van der Waals surface area contributed by atoms with Crippen molar-refractivity contribution in [3.8, 4) is 0 Å². The second-order valence-corrected chi connectivity index (χ2v) is 7.68. The first-order valence-electron chi connectivity index (χ1n) is 6.81. The molecule has 0 unspecified atom stereocenters. The van der Waals surface area contributed by atoms with Gasteiger partial charge in [0.25, 0.3) is 0 Å². The fourth-order valence-electron chi connectivity index (χ4n) is 2.15. The number of amides is 1. The van der Waals surface area contributed by atoms with Crippen molar-refractivity contribution in [3.05, 3.63) is 24.3 Å². The molecule has 1 heterocycles. The van der Waals surface area contributed by atoms with Crippen molar-refractivity contribution in [1.82, 2.24) is 4.90 Å². The third-order valence-corrected chi connectivity index (χ3v) is 5.53. The Morgan fingerprint density at radius 2 is 1.81 bits per heavy atom. The van der Waals surface area contributed by atoms with Gasteiger partial charge in [0.05, 0.1) is 4.90 Å². The molecule has 21 heavy (non-hydrogen) atoms. The van der Waals surface area contributed by atoms with E-state index >= 15 is 0 Å². The van der Waals surface area contributed by atoms with Crippen LogP contribution in [0.3, 0.4) is 0 Å². The molecule has 1 fully saturated rings. The molecule has 0 radical (unpaired) electrons. The molecule has 0 aromatic heterocycles. The van der Waals surface area contributed by atoms with E-state index in [-0.39, 0.29) is 4.90 Å². The highest BCUT2D eigenvalue weighted by Gasteiger charge is 2.22. The van der Waals surface area contributed by atoms with E-state index in [1.165, 1.54) is 23.9 Å². The minimum Gasteiger partial charge on any atom is -0.433 e. The molecule has 0 aliphatic carbocycles. The molecule has 0 saturated carbocycles. The van der Waals surface area contributed by atoms with Gasteiger partial charge in [-0.1, -0.05) is 0 Å². The van der Waals surface area contributed by atoms with Crippen LogP contribution in [0.2, 0.25) is 0 Å². The first-order valence-corrected chi connectivity index (χ1v) is 9.69. The molecule has 0 bridgehead atoms. The van der Waals surface area contributed by atoms with Gasteiger partial charge in [-0.3, -0.25) is 0 Å². The van der Waals surface area contributed by atoms with Gasteiger partial charge in [0.15, 0.2) is 5.94 Å². The lowest BCUT2D eigenvalue weighted by atomic mass is 10.1. The number of carbonyl (C=O) groups is 1. The molecule has 0 N–H and O–H groups in total. The third kappa shape index (κ3) is 4.38. The number of carbonyl (C=O) groups excluding carboxylic acids is 1. The Bertz CT molecular complexity index is 577. The zero-order chi connectivity index (χ0) is 15.3. The first kappa shape index (κ1) is 16.2. The minimum absolute atomic E-state index is 0.173. The lowest BCUT2D eigenvalue weighted by Crippen LogP contribution is -2.36. The van der Waals surface area contributed by atoms with Gasteiger partial charge in [-0.15, -0.1) is 11.8 Å². The number of sulfone groups is 1. The Labute approximate surface area is 129 Å². The van der Waals surface area contributed by atoms with Crippen molar-refractivity contribution in [3.63, 3.8) is 0 Å². The molecule has 1 aromatic carbocycles. The van der Waals surface area contributed by atoms with Gasteiger partial charge in [-0.05, 0) is 49.8 Å². The number of benzene rings is 1. The number of nitrogens with zero attached hydrogens (tertiary/aromatic N) is 1. The van der Waals surface area contributed by atoms with E-state index in [0.717, 1.165) is 24.2 Å². The molecule has 1 amide bonds. The number of hydrogen-bond donors (Lipinski definition) is 0. The van der Waals surface area contributed by atoms with Crippen LogP contribution in [-0.2, 0) is 14.6 Å². The SMILES string of the molecule is CSc1ccc(S(=O)(=O)COC(=O)N2CCCCC2)cc1. The number of rotatable bonds is 4. The van der Waals surface area contributed by atoms with Gasteiger partial charge in [-0.2, -0.15) is 0 Å². The Hall–Kier alpha value is -1.21. The summed E-state index contributed by atoms with van der Waals surface area (Å²) in [7, 11) is -3.60. The summed E-state index contributed by atoms with van der Waals surface area (Å²) in [5, 5.41) is 0. The van der Waals surface area contributed by atoms with Crippen molar-refractivity contribution in [2.24, 2.45) is 0 Å². The zero-order valence-corrected chi connectivity index (χ0v) is 13.6. The summed E-state index contributed by atoms with van der Waals surface area (Å²) >= 11 is 1.54. The van der Waals surface area contributed by atoms with Gasteiger partial charge in [0, 0.05) is 18.0 Å². The van der Waals surface area contributed by atoms with E-state index in [4.69, 9.17) is 4.74 Å². The average molecular weight is 329 g/mol. The fraction of sp³-hybridized carbons (Fsp3) is 0.500. The van der Waals surface area contributed by atoms with E-state index in [2.05, 4.69) is 0 Å². The Morgan fingerprint density at radius 1 is 1.19 bits per heavy atom. The van der Waals surface area contributed by atoms with Crippen molar-refractivity contribution < 1.29 is 17.9 Å². The van der Waals surface area contributed by atoms with Gasteiger partial charge in [0.2, 0.25) is 9.84 Å². The third-order valence-electron chi connectivity index (χ3n) is 3.37. The van der Waals surface area contributed by atoms with Crippen LogP contribution in [0.15, 0.2) is 34.1 Å². The van der Waals surface area contributed by atoms with Crippen LogP contribution in [0.25, 0.3) is 0 Å². The molecule has 2 rings (SSSR count). The molecule has 1 aliphatic rings. The second kappa shape index (κ2) is 7.17. The molecular weight excluding hydrogens is 310 g/mol. The molecule has 5 nitrogen and oxygen atoms in total. The number of hydrogen-bond acceptors (Lipinski definition) is 5. The zero-order valence-electron chi connectivity index (χ0n) is 11.9. The summed E-state index contributed by atoms with van der Waals surface area (Å²) < 4.78 is 29.2. The van der Waals surface area contributed by atoms with E-state index in [1.54, 1.807) is 17.0 Å². The minimum atomic E-state index is -3.60. The number of piperidine rings is 1. The predicted molar refractivity (Wildman–Crippen MR) is 82.2 cm³/mol. The topological polar surface area (TPSA) is 63.7 Å². The van der Waals surface area contributed by atoms with Crippen LogP contribution in [-0.4, -0.2) is 44.7 Å². The lowest BCUT2D eigenvalue weighted by Gasteiger charge is -2.25. The summed E-state index contributed by atoms with van der Waals surface area (Å²) in [5.41, 5.74) is 0. The van der Waals surface area contributed by atoms with E-state index in [1.807, 2.05) is 6.26 Å². The summed E-state index contributed by atoms with van der Waals surface area (Å²) in [6.07, 6.45) is 4.36. The van der Waals surface area contributed by atoms with Gasteiger partial charge >= 0.3 is 6.09 Å². The maximum atomic E-state index is 12.1. The number of likely N-dealkylation sites (tertiary alicyclic amines) is 1. The summed E-state index contributed by atoms with van der Waals surface area (Å²) in [5.74, 6) is -0.610. The smallest absolute Gasteiger partial charge is 0.410 e. The van der Waals surface area contributed by atoms with Gasteiger partial charge in [0.1, 0.15) is 0 Å². The summed E-state index contributed by atoms with van der Waals surface area (Å²) in [6.45, 7) is 1.28. The Balaban J connectivity index is 1.95. The van der Waals surface area contributed by atoms with Gasteiger partial charge in [-0.25, -0.2) is 13.2 Å². The Kier molecular flexibility index (Phi) is 5.52. The van der Waals surface area contributed by atoms with Crippen molar-refractivity contribution in [2.75, 3.05) is 25.3 Å². The second-order valence-electron chi connectivity index (χ2n) is 4.87. The van der Waals surface area contributed by atoms with Crippen molar-refractivity contribution in [2.45, 2.75) is 29.1 Å². The normalized spacial score (nSPS) is 15.8. The lowest BCUT2D eigenvalue weighted by molar-refractivity contribution is 0.109. The van der Waals surface area contributed by atoms with Crippen LogP contribution < -0.4 is 0 Å². The maximum Gasteiger partial charge on any atom is 0.410 e. The average Bonchev–Trinajstić information content (AvgIpc) is 2.53. The predicted octanol–water partition coefficient (Wildman–Crippen LogP) is 2.76. The Morgan fingerprint density at radius 3 is 2.38 bits per heavy atom. The molecule has 7 heteroatoms. The molecule has 1 aromatic rings. The standard InChI is InChI=1S/C14H19NO4S2/c1-20-12-5-7-13(8-6-12)21(17,18)11-19-14(16)15-9-3-2-4-10-15/h5-8H,2-4,9-11H2,1H3. The highest BCUT2D eigenvalue weighted by atomic mass is 32.2. The van der Waals surface area contributed by atoms with E-state index in [9.17, 15) is 13.2 Å². The van der Waals surface area contributed by atoms with Gasteiger partial charge < -0.3 is 9.64 Å². The van der Waals surface area contributed by atoms with E-state index in [0.29, 0.717) is 13.1 Å². The largest absolute Gasteiger partial charge is 0.433 e. The highest BCUT2D eigenvalue weighted by Crippen LogP contribution is 2.19. The molecule has 1 saturated heterocycles.